The minimum absolute atomic E-state index is 0.0791. The molecular weight excluding hydrogens is 263 g/mol. The summed E-state index contributed by atoms with van der Waals surface area (Å²) in [6.45, 7) is -1.49. The Bertz CT molecular complexity index is 297. The summed E-state index contributed by atoms with van der Waals surface area (Å²) < 4.78 is 65.2. The Kier molecular flexibility index (Phi) is 4.85. The standard InChI is InChI=1S/C9H13F5N2O2/c10-7(11)4-18-6-3-16(2-1-5(6)15)8(17)9(12,13)14/h5-7H,1-4,15H2/t5-,6+/m1/s1. The molecule has 1 aliphatic rings. The lowest BCUT2D eigenvalue weighted by atomic mass is 10.0. The van der Waals surface area contributed by atoms with Crippen LogP contribution in [0.3, 0.4) is 0 Å². The van der Waals surface area contributed by atoms with Crippen LogP contribution in [0.1, 0.15) is 6.42 Å². The fourth-order valence-corrected chi connectivity index (χ4v) is 1.67. The highest BCUT2D eigenvalue weighted by atomic mass is 19.4. The Morgan fingerprint density at radius 2 is 2.06 bits per heavy atom. The number of nitrogens with two attached hydrogens (primary N) is 1. The molecule has 4 nitrogen and oxygen atoms in total. The van der Waals surface area contributed by atoms with E-state index in [4.69, 9.17) is 10.5 Å². The van der Waals surface area contributed by atoms with E-state index in [0.29, 0.717) is 4.90 Å². The summed E-state index contributed by atoms with van der Waals surface area (Å²) >= 11 is 0. The fraction of sp³-hybridized carbons (Fsp3) is 0.889. The Hall–Kier alpha value is -0.960. The van der Waals surface area contributed by atoms with Crippen molar-refractivity contribution in [2.75, 3.05) is 19.7 Å². The van der Waals surface area contributed by atoms with Crippen molar-refractivity contribution in [1.82, 2.24) is 4.90 Å². The van der Waals surface area contributed by atoms with Gasteiger partial charge in [-0.05, 0) is 6.42 Å². The zero-order valence-electron chi connectivity index (χ0n) is 9.29. The summed E-state index contributed by atoms with van der Waals surface area (Å²) in [7, 11) is 0. The van der Waals surface area contributed by atoms with Gasteiger partial charge in [-0.3, -0.25) is 4.79 Å². The monoisotopic (exact) mass is 276 g/mol. The predicted molar refractivity (Wildman–Crippen MR) is 51.0 cm³/mol. The number of likely N-dealkylation sites (tertiary alicyclic amines) is 1. The van der Waals surface area contributed by atoms with Crippen molar-refractivity contribution in [1.29, 1.82) is 0 Å². The second-order valence-electron chi connectivity index (χ2n) is 3.96. The van der Waals surface area contributed by atoms with Crippen molar-refractivity contribution in [3.05, 3.63) is 0 Å². The minimum atomic E-state index is -4.98. The molecule has 2 atom stereocenters. The van der Waals surface area contributed by atoms with Gasteiger partial charge in [-0.1, -0.05) is 0 Å². The van der Waals surface area contributed by atoms with Gasteiger partial charge in [0.05, 0.1) is 6.10 Å². The summed E-state index contributed by atoms with van der Waals surface area (Å²) in [5, 5.41) is 0. The maximum atomic E-state index is 12.2. The van der Waals surface area contributed by atoms with E-state index < -0.39 is 43.8 Å². The summed E-state index contributed by atoms with van der Waals surface area (Å²) in [6.07, 6.45) is -8.63. The molecule has 1 heterocycles. The van der Waals surface area contributed by atoms with Gasteiger partial charge < -0.3 is 15.4 Å². The van der Waals surface area contributed by atoms with Crippen LogP contribution in [-0.2, 0) is 9.53 Å². The van der Waals surface area contributed by atoms with Crippen LogP contribution in [0.25, 0.3) is 0 Å². The van der Waals surface area contributed by atoms with Gasteiger partial charge in [-0.15, -0.1) is 0 Å². The largest absolute Gasteiger partial charge is 0.471 e. The highest BCUT2D eigenvalue weighted by molar-refractivity contribution is 5.82. The number of rotatable bonds is 3. The molecule has 0 aromatic heterocycles. The zero-order valence-corrected chi connectivity index (χ0v) is 9.29. The number of halogens is 5. The first kappa shape index (κ1) is 15.1. The number of carbonyl (C=O) groups excluding carboxylic acids is 1. The van der Waals surface area contributed by atoms with E-state index in [-0.39, 0.29) is 13.0 Å². The maximum absolute atomic E-state index is 12.2. The number of piperidine rings is 1. The Labute approximate surface area is 99.9 Å². The third kappa shape index (κ3) is 4.05. The Balaban J connectivity index is 2.57. The topological polar surface area (TPSA) is 55.6 Å². The number of hydrogen-bond acceptors (Lipinski definition) is 3. The van der Waals surface area contributed by atoms with E-state index in [1.807, 2.05) is 0 Å². The molecule has 9 heteroatoms. The lowest BCUT2D eigenvalue weighted by Gasteiger charge is -2.36. The van der Waals surface area contributed by atoms with Crippen molar-refractivity contribution < 1.29 is 31.5 Å². The third-order valence-electron chi connectivity index (χ3n) is 2.58. The number of carbonyl (C=O) groups is 1. The smallest absolute Gasteiger partial charge is 0.369 e. The first-order valence-corrected chi connectivity index (χ1v) is 5.23. The number of ether oxygens (including phenoxy) is 1. The molecule has 0 aromatic carbocycles. The summed E-state index contributed by atoms with van der Waals surface area (Å²) in [4.78, 5) is 11.5. The van der Waals surface area contributed by atoms with Crippen LogP contribution >= 0.6 is 0 Å². The average Bonchev–Trinajstić information content (AvgIpc) is 2.25. The Morgan fingerprint density at radius 3 is 2.56 bits per heavy atom. The van der Waals surface area contributed by atoms with Crippen LogP contribution in [-0.4, -0.2) is 55.3 Å². The molecule has 0 aliphatic carbocycles. The van der Waals surface area contributed by atoms with Crippen LogP contribution in [0, 0.1) is 0 Å². The van der Waals surface area contributed by atoms with Gasteiger partial charge in [0, 0.05) is 19.1 Å². The molecule has 1 saturated heterocycles. The summed E-state index contributed by atoms with van der Waals surface area (Å²) in [5.74, 6) is -2.00. The third-order valence-corrected chi connectivity index (χ3v) is 2.58. The van der Waals surface area contributed by atoms with Gasteiger partial charge in [0.15, 0.2) is 0 Å². The number of alkyl halides is 5. The lowest BCUT2D eigenvalue weighted by molar-refractivity contribution is -0.189. The van der Waals surface area contributed by atoms with E-state index in [1.54, 1.807) is 0 Å². The maximum Gasteiger partial charge on any atom is 0.471 e. The molecule has 0 radical (unpaired) electrons. The normalized spacial score (nSPS) is 25.6. The molecule has 0 unspecified atom stereocenters. The minimum Gasteiger partial charge on any atom is -0.369 e. The average molecular weight is 276 g/mol. The predicted octanol–water partition coefficient (Wildman–Crippen LogP) is 0.759. The first-order valence-electron chi connectivity index (χ1n) is 5.23. The molecule has 0 spiro atoms. The van der Waals surface area contributed by atoms with E-state index in [1.165, 1.54) is 0 Å². The summed E-state index contributed by atoms with van der Waals surface area (Å²) in [6, 6.07) is -0.652. The molecule has 1 aliphatic heterocycles. The first-order chi connectivity index (χ1) is 8.21. The van der Waals surface area contributed by atoms with Crippen LogP contribution in [0.5, 0.6) is 0 Å². The molecule has 1 fully saturated rings. The molecule has 0 aromatic rings. The quantitative estimate of drug-likeness (QED) is 0.774. The highest BCUT2D eigenvalue weighted by Crippen LogP contribution is 2.22. The lowest BCUT2D eigenvalue weighted by Crippen LogP contribution is -2.56. The van der Waals surface area contributed by atoms with Crippen molar-refractivity contribution in [3.63, 3.8) is 0 Å². The van der Waals surface area contributed by atoms with Gasteiger partial charge in [0.25, 0.3) is 6.43 Å². The molecule has 2 N–H and O–H groups in total. The van der Waals surface area contributed by atoms with Gasteiger partial charge >= 0.3 is 12.1 Å². The number of hydrogen-bond donors (Lipinski definition) is 1. The van der Waals surface area contributed by atoms with Crippen molar-refractivity contribution in [3.8, 4) is 0 Å². The van der Waals surface area contributed by atoms with Crippen LogP contribution in [0.15, 0.2) is 0 Å². The molecule has 0 bridgehead atoms. The van der Waals surface area contributed by atoms with Crippen LogP contribution in [0.2, 0.25) is 0 Å². The molecule has 18 heavy (non-hydrogen) atoms. The van der Waals surface area contributed by atoms with E-state index >= 15 is 0 Å². The van der Waals surface area contributed by atoms with E-state index in [2.05, 4.69) is 0 Å². The summed E-state index contributed by atoms with van der Waals surface area (Å²) in [5.41, 5.74) is 5.55. The molecule has 1 amide bonds. The molecular formula is C9H13F5N2O2. The van der Waals surface area contributed by atoms with Crippen molar-refractivity contribution >= 4 is 5.91 Å². The van der Waals surface area contributed by atoms with Crippen molar-refractivity contribution in [2.45, 2.75) is 31.2 Å². The second-order valence-corrected chi connectivity index (χ2v) is 3.96. The Morgan fingerprint density at radius 1 is 1.44 bits per heavy atom. The van der Waals surface area contributed by atoms with Gasteiger partial charge in [-0.2, -0.15) is 13.2 Å². The zero-order chi connectivity index (χ0) is 13.9. The number of nitrogens with zero attached hydrogens (tertiary/aromatic N) is 1. The highest BCUT2D eigenvalue weighted by Gasteiger charge is 2.44. The van der Waals surface area contributed by atoms with E-state index in [0.717, 1.165) is 0 Å². The van der Waals surface area contributed by atoms with Crippen LogP contribution in [0.4, 0.5) is 22.0 Å². The van der Waals surface area contributed by atoms with Gasteiger partial charge in [-0.25, -0.2) is 8.78 Å². The van der Waals surface area contributed by atoms with Gasteiger partial charge in [0.2, 0.25) is 0 Å². The SMILES string of the molecule is N[C@@H]1CCN(C(=O)C(F)(F)F)C[C@@H]1OCC(F)F. The second kappa shape index (κ2) is 5.79. The molecule has 0 saturated carbocycles. The van der Waals surface area contributed by atoms with Crippen LogP contribution < -0.4 is 5.73 Å². The fourth-order valence-electron chi connectivity index (χ4n) is 1.67. The molecule has 106 valence electrons. The number of amides is 1. The van der Waals surface area contributed by atoms with E-state index in [9.17, 15) is 26.7 Å². The molecule has 1 rings (SSSR count). The van der Waals surface area contributed by atoms with Crippen molar-refractivity contribution in [2.24, 2.45) is 5.73 Å². The van der Waals surface area contributed by atoms with Gasteiger partial charge in [0.1, 0.15) is 6.61 Å².